The first-order chi connectivity index (χ1) is 9.70. The number of fused-ring (bicyclic) bond motifs is 1. The first-order valence-electron chi connectivity index (χ1n) is 6.08. The smallest absolute Gasteiger partial charge is 0.260 e. The number of thiophene rings is 1. The average molecular weight is 288 g/mol. The molecule has 0 aromatic carbocycles. The highest BCUT2D eigenvalue weighted by molar-refractivity contribution is 7.17. The Bertz CT molecular complexity index is 815. The number of ether oxygens (including phenoxy) is 1. The van der Waals surface area contributed by atoms with E-state index in [-0.39, 0.29) is 5.56 Å². The van der Waals surface area contributed by atoms with Gasteiger partial charge in [-0.05, 0) is 19.1 Å². The Kier molecular flexibility index (Phi) is 3.15. The Morgan fingerprint density at radius 3 is 3.15 bits per heavy atom. The highest BCUT2D eigenvalue weighted by Gasteiger charge is 2.15. The van der Waals surface area contributed by atoms with Crippen molar-refractivity contribution in [3.63, 3.8) is 0 Å². The minimum Gasteiger partial charge on any atom is -0.491 e. The van der Waals surface area contributed by atoms with E-state index in [0.717, 1.165) is 5.56 Å². The second-order valence-electron chi connectivity index (χ2n) is 4.08. The molecule has 0 radical (unpaired) electrons. The number of hydrogen-bond acceptors (Lipinski definition) is 5. The quantitative estimate of drug-likeness (QED) is 0.748. The predicted octanol–water partition coefficient (Wildman–Crippen LogP) is 3.25. The first-order valence-corrected chi connectivity index (χ1v) is 6.96. The minimum absolute atomic E-state index is 0.224. The lowest BCUT2D eigenvalue weighted by molar-refractivity contribution is 0.296. The topological polar surface area (TPSA) is 68.1 Å². The monoisotopic (exact) mass is 288 g/mol. The fourth-order valence-electron chi connectivity index (χ4n) is 1.94. The summed E-state index contributed by atoms with van der Waals surface area (Å²) in [5.41, 5.74) is 0.524. The molecule has 3 heterocycles. The van der Waals surface area contributed by atoms with Gasteiger partial charge in [0.05, 0.1) is 18.3 Å². The molecule has 0 atom stereocenters. The van der Waals surface area contributed by atoms with Crippen molar-refractivity contribution in [2.75, 3.05) is 6.61 Å². The summed E-state index contributed by atoms with van der Waals surface area (Å²) >= 11 is 1.39. The number of hydrogen-bond donors (Lipinski definition) is 1. The number of rotatable bonds is 4. The van der Waals surface area contributed by atoms with Crippen LogP contribution >= 0.6 is 11.3 Å². The summed E-state index contributed by atoms with van der Waals surface area (Å²) in [5, 5.41) is 2.39. The SMILES string of the molecule is C=C(OCC)c1nc2scc(-c3ccco3)c2c(=O)[nH]1. The van der Waals surface area contributed by atoms with Crippen LogP contribution in [-0.4, -0.2) is 16.6 Å². The molecule has 3 rings (SSSR count). The third-order valence-corrected chi connectivity index (χ3v) is 3.69. The zero-order chi connectivity index (χ0) is 14.1. The molecule has 0 unspecified atom stereocenters. The maximum absolute atomic E-state index is 12.3. The van der Waals surface area contributed by atoms with Gasteiger partial charge in [-0.2, -0.15) is 0 Å². The van der Waals surface area contributed by atoms with Gasteiger partial charge in [0.25, 0.3) is 5.56 Å². The predicted molar refractivity (Wildman–Crippen MR) is 78.6 cm³/mol. The van der Waals surface area contributed by atoms with Crippen molar-refractivity contribution in [2.45, 2.75) is 6.92 Å². The molecule has 0 aliphatic rings. The second kappa shape index (κ2) is 4.97. The molecule has 102 valence electrons. The summed E-state index contributed by atoms with van der Waals surface area (Å²) in [6.07, 6.45) is 1.58. The lowest BCUT2D eigenvalue weighted by Gasteiger charge is -2.05. The Labute approximate surface area is 118 Å². The highest BCUT2D eigenvalue weighted by atomic mass is 32.1. The van der Waals surface area contributed by atoms with Gasteiger partial charge in [-0.1, -0.05) is 6.58 Å². The molecule has 0 saturated heterocycles. The summed E-state index contributed by atoms with van der Waals surface area (Å²) in [6, 6.07) is 3.60. The van der Waals surface area contributed by atoms with Crippen molar-refractivity contribution in [3.8, 4) is 11.3 Å². The maximum Gasteiger partial charge on any atom is 0.260 e. The third kappa shape index (κ3) is 2.04. The van der Waals surface area contributed by atoms with Crippen LogP contribution in [0.4, 0.5) is 0 Å². The molecule has 20 heavy (non-hydrogen) atoms. The minimum atomic E-state index is -0.224. The number of nitrogens with zero attached hydrogens (tertiary/aromatic N) is 1. The molecular formula is C14H12N2O3S. The van der Waals surface area contributed by atoms with E-state index in [9.17, 15) is 4.79 Å². The number of H-pyrrole nitrogens is 1. The average Bonchev–Trinajstić information content (AvgIpc) is 3.07. The van der Waals surface area contributed by atoms with Gasteiger partial charge in [-0.15, -0.1) is 11.3 Å². The molecule has 0 spiro atoms. The third-order valence-electron chi connectivity index (χ3n) is 2.81. The summed E-state index contributed by atoms with van der Waals surface area (Å²) in [7, 11) is 0. The summed E-state index contributed by atoms with van der Waals surface area (Å²) < 4.78 is 10.6. The van der Waals surface area contributed by atoms with Crippen LogP contribution in [0, 0.1) is 0 Å². The Hall–Kier alpha value is -2.34. The number of furan rings is 1. The zero-order valence-corrected chi connectivity index (χ0v) is 11.6. The second-order valence-corrected chi connectivity index (χ2v) is 4.94. The van der Waals surface area contributed by atoms with Gasteiger partial charge < -0.3 is 14.1 Å². The van der Waals surface area contributed by atoms with Gasteiger partial charge in [0.1, 0.15) is 10.6 Å². The van der Waals surface area contributed by atoms with Gasteiger partial charge in [0, 0.05) is 10.9 Å². The van der Waals surface area contributed by atoms with Crippen molar-refractivity contribution < 1.29 is 9.15 Å². The molecule has 0 fully saturated rings. The zero-order valence-electron chi connectivity index (χ0n) is 10.8. The van der Waals surface area contributed by atoms with Crippen molar-refractivity contribution >= 4 is 27.3 Å². The molecular weight excluding hydrogens is 276 g/mol. The van der Waals surface area contributed by atoms with E-state index in [0.29, 0.717) is 34.2 Å². The summed E-state index contributed by atoms with van der Waals surface area (Å²) in [5.74, 6) is 1.37. The summed E-state index contributed by atoms with van der Waals surface area (Å²) in [6.45, 7) is 6.07. The normalized spacial score (nSPS) is 10.8. The van der Waals surface area contributed by atoms with E-state index >= 15 is 0 Å². The van der Waals surface area contributed by atoms with Crippen LogP contribution in [-0.2, 0) is 4.74 Å². The fourth-order valence-corrected chi connectivity index (χ4v) is 2.86. The van der Waals surface area contributed by atoms with E-state index in [1.165, 1.54) is 11.3 Å². The van der Waals surface area contributed by atoms with Crippen LogP contribution in [0.25, 0.3) is 27.3 Å². The largest absolute Gasteiger partial charge is 0.491 e. The Morgan fingerprint density at radius 2 is 2.45 bits per heavy atom. The number of aromatic nitrogens is 2. The lowest BCUT2D eigenvalue weighted by Crippen LogP contribution is -2.11. The molecule has 1 N–H and O–H groups in total. The van der Waals surface area contributed by atoms with Gasteiger partial charge in [0.15, 0.2) is 11.6 Å². The number of aromatic amines is 1. The van der Waals surface area contributed by atoms with E-state index in [1.54, 1.807) is 12.3 Å². The lowest BCUT2D eigenvalue weighted by atomic mass is 10.2. The molecule has 0 aliphatic heterocycles. The fraction of sp³-hybridized carbons (Fsp3) is 0.143. The van der Waals surface area contributed by atoms with Gasteiger partial charge in [0.2, 0.25) is 0 Å². The number of nitrogens with one attached hydrogen (secondary N) is 1. The summed E-state index contributed by atoms with van der Waals surface area (Å²) in [4.78, 5) is 20.0. The Morgan fingerprint density at radius 1 is 1.60 bits per heavy atom. The van der Waals surface area contributed by atoms with Crippen molar-refractivity contribution in [2.24, 2.45) is 0 Å². The van der Waals surface area contributed by atoms with Gasteiger partial charge in [-0.3, -0.25) is 4.79 Å². The molecule has 0 saturated carbocycles. The molecule has 5 nitrogen and oxygen atoms in total. The Balaban J connectivity index is 2.17. The van der Waals surface area contributed by atoms with Crippen LogP contribution in [0.5, 0.6) is 0 Å². The van der Waals surface area contributed by atoms with Crippen molar-refractivity contribution in [3.05, 3.63) is 46.5 Å². The molecule has 3 aromatic heterocycles. The van der Waals surface area contributed by atoms with E-state index in [1.807, 2.05) is 18.4 Å². The van der Waals surface area contributed by atoms with Crippen molar-refractivity contribution in [1.29, 1.82) is 0 Å². The maximum atomic E-state index is 12.3. The first kappa shape index (κ1) is 12.7. The van der Waals surface area contributed by atoms with Gasteiger partial charge in [-0.25, -0.2) is 4.98 Å². The molecule has 0 bridgehead atoms. The molecule has 0 amide bonds. The van der Waals surface area contributed by atoms with E-state index in [2.05, 4.69) is 16.5 Å². The standard InChI is InChI=1S/C14H12N2O3S/c1-3-18-8(2)12-15-13(17)11-9(7-20-14(11)16-12)10-5-4-6-19-10/h4-7H,2-3H2,1H3,(H,15,16,17). The molecule has 6 heteroatoms. The van der Waals surface area contributed by atoms with Gasteiger partial charge >= 0.3 is 0 Å². The van der Waals surface area contributed by atoms with Crippen LogP contribution < -0.4 is 5.56 Å². The molecule has 3 aromatic rings. The molecule has 0 aliphatic carbocycles. The van der Waals surface area contributed by atoms with E-state index < -0.39 is 0 Å². The van der Waals surface area contributed by atoms with Crippen LogP contribution in [0.2, 0.25) is 0 Å². The van der Waals surface area contributed by atoms with Crippen LogP contribution in [0.1, 0.15) is 12.7 Å². The van der Waals surface area contributed by atoms with Crippen LogP contribution in [0.3, 0.4) is 0 Å². The van der Waals surface area contributed by atoms with Crippen molar-refractivity contribution in [1.82, 2.24) is 9.97 Å². The van der Waals surface area contributed by atoms with Crippen LogP contribution in [0.15, 0.2) is 39.6 Å². The highest BCUT2D eigenvalue weighted by Crippen LogP contribution is 2.31. The van der Waals surface area contributed by atoms with E-state index in [4.69, 9.17) is 9.15 Å².